The third-order valence-electron chi connectivity index (χ3n) is 4.92. The SMILES string of the molecule is COCc1cccc(-c2cnc(N3CCC(=NOCc4ccn[nH]4)CC3)nc2)c1F. The first kappa shape index (κ1) is 20.0. The molecule has 0 bridgehead atoms. The molecular formula is C21H23FN6O2. The van der Waals surface area contributed by atoms with Gasteiger partial charge in [0.25, 0.3) is 0 Å². The van der Waals surface area contributed by atoms with Gasteiger partial charge in [0.15, 0.2) is 6.61 Å². The van der Waals surface area contributed by atoms with Crippen molar-refractivity contribution in [3.05, 3.63) is 59.9 Å². The first-order valence-electron chi connectivity index (χ1n) is 9.74. The Morgan fingerprint density at radius 1 is 1.13 bits per heavy atom. The van der Waals surface area contributed by atoms with Crippen LogP contribution in [0.25, 0.3) is 11.1 Å². The number of anilines is 1. The molecule has 156 valence electrons. The second-order valence-corrected chi connectivity index (χ2v) is 6.98. The summed E-state index contributed by atoms with van der Waals surface area (Å²) < 4.78 is 19.7. The third kappa shape index (κ3) is 4.62. The number of aromatic nitrogens is 4. The Morgan fingerprint density at radius 2 is 1.93 bits per heavy atom. The van der Waals surface area contributed by atoms with E-state index in [0.717, 1.165) is 37.3 Å². The molecule has 1 saturated heterocycles. The van der Waals surface area contributed by atoms with Gasteiger partial charge in [0.05, 0.1) is 18.0 Å². The average molecular weight is 410 g/mol. The van der Waals surface area contributed by atoms with Crippen LogP contribution in [0.4, 0.5) is 10.3 Å². The third-order valence-corrected chi connectivity index (χ3v) is 4.92. The highest BCUT2D eigenvalue weighted by molar-refractivity contribution is 5.86. The van der Waals surface area contributed by atoms with E-state index in [1.165, 1.54) is 0 Å². The number of benzene rings is 1. The molecule has 0 spiro atoms. The molecule has 2 aromatic heterocycles. The number of halogens is 1. The summed E-state index contributed by atoms with van der Waals surface area (Å²) in [7, 11) is 1.55. The lowest BCUT2D eigenvalue weighted by Gasteiger charge is -2.27. The maximum Gasteiger partial charge on any atom is 0.225 e. The van der Waals surface area contributed by atoms with Crippen LogP contribution in [0.15, 0.2) is 48.0 Å². The molecule has 4 rings (SSSR count). The zero-order valence-corrected chi connectivity index (χ0v) is 16.7. The minimum absolute atomic E-state index is 0.224. The highest BCUT2D eigenvalue weighted by Crippen LogP contribution is 2.25. The molecule has 0 atom stereocenters. The molecular weight excluding hydrogens is 387 g/mol. The van der Waals surface area contributed by atoms with Crippen molar-refractivity contribution in [1.29, 1.82) is 0 Å². The summed E-state index contributed by atoms with van der Waals surface area (Å²) in [4.78, 5) is 16.4. The van der Waals surface area contributed by atoms with E-state index in [0.29, 0.717) is 29.2 Å². The zero-order valence-electron chi connectivity index (χ0n) is 16.7. The first-order chi connectivity index (χ1) is 14.7. The zero-order chi connectivity index (χ0) is 20.8. The number of methoxy groups -OCH3 is 1. The van der Waals surface area contributed by atoms with Gasteiger partial charge < -0.3 is 14.5 Å². The van der Waals surface area contributed by atoms with E-state index in [1.807, 2.05) is 6.07 Å². The van der Waals surface area contributed by atoms with Crippen LogP contribution >= 0.6 is 0 Å². The molecule has 3 heterocycles. The van der Waals surface area contributed by atoms with E-state index in [2.05, 4.69) is 30.2 Å². The molecule has 0 saturated carbocycles. The first-order valence-corrected chi connectivity index (χ1v) is 9.74. The van der Waals surface area contributed by atoms with E-state index in [4.69, 9.17) is 9.57 Å². The van der Waals surface area contributed by atoms with Crippen molar-refractivity contribution < 1.29 is 14.0 Å². The normalized spacial score (nSPS) is 14.1. The largest absolute Gasteiger partial charge is 0.389 e. The van der Waals surface area contributed by atoms with E-state index in [1.54, 1.807) is 43.9 Å². The van der Waals surface area contributed by atoms with Crippen molar-refractivity contribution in [2.24, 2.45) is 5.16 Å². The molecule has 1 aromatic carbocycles. The van der Waals surface area contributed by atoms with Crippen LogP contribution in [0.3, 0.4) is 0 Å². The number of nitrogens with zero attached hydrogens (tertiary/aromatic N) is 5. The van der Waals surface area contributed by atoms with Crippen LogP contribution < -0.4 is 4.90 Å². The minimum atomic E-state index is -0.301. The van der Waals surface area contributed by atoms with Gasteiger partial charge >= 0.3 is 0 Å². The highest BCUT2D eigenvalue weighted by Gasteiger charge is 2.18. The molecule has 1 fully saturated rings. The van der Waals surface area contributed by atoms with Gasteiger partial charge in [-0.15, -0.1) is 0 Å². The number of ether oxygens (including phenoxy) is 1. The molecule has 0 unspecified atom stereocenters. The Morgan fingerprint density at radius 3 is 2.63 bits per heavy atom. The standard InChI is InChI=1S/C21H23FN6O2/c1-29-13-15-3-2-4-19(20(15)22)16-11-23-21(24-12-16)28-9-6-17(7-10-28)27-30-14-18-5-8-25-26-18/h2-5,8,11-12H,6-7,9-10,13-14H2,1H3,(H,25,26). The van der Waals surface area contributed by atoms with Gasteiger partial charge in [-0.25, -0.2) is 14.4 Å². The summed E-state index contributed by atoms with van der Waals surface area (Å²) in [6.07, 6.45) is 6.56. The van der Waals surface area contributed by atoms with Crippen LogP contribution in [0.2, 0.25) is 0 Å². The fourth-order valence-electron chi connectivity index (χ4n) is 3.31. The van der Waals surface area contributed by atoms with Crippen LogP contribution in [-0.4, -0.2) is 46.1 Å². The minimum Gasteiger partial charge on any atom is -0.389 e. The smallest absolute Gasteiger partial charge is 0.225 e. The summed E-state index contributed by atoms with van der Waals surface area (Å²) in [6, 6.07) is 7.09. The van der Waals surface area contributed by atoms with E-state index in [9.17, 15) is 4.39 Å². The number of oxime groups is 1. The number of hydrogen-bond donors (Lipinski definition) is 1. The Labute approximate surface area is 173 Å². The lowest BCUT2D eigenvalue weighted by molar-refractivity contribution is 0.126. The van der Waals surface area contributed by atoms with E-state index >= 15 is 0 Å². The van der Waals surface area contributed by atoms with Crippen LogP contribution in [0, 0.1) is 5.82 Å². The molecule has 9 heteroatoms. The van der Waals surface area contributed by atoms with E-state index < -0.39 is 0 Å². The van der Waals surface area contributed by atoms with Crippen LogP contribution in [-0.2, 0) is 22.8 Å². The second kappa shape index (κ2) is 9.45. The predicted molar refractivity (Wildman–Crippen MR) is 110 cm³/mol. The van der Waals surface area contributed by atoms with Gasteiger partial charge in [-0.2, -0.15) is 5.10 Å². The molecule has 1 aliphatic heterocycles. The summed E-state index contributed by atoms with van der Waals surface area (Å²) in [5.74, 6) is 0.328. The Kier molecular flexibility index (Phi) is 6.29. The number of rotatable bonds is 7. The average Bonchev–Trinajstić information content (AvgIpc) is 3.30. The van der Waals surface area contributed by atoms with Gasteiger partial charge in [0.1, 0.15) is 5.82 Å². The van der Waals surface area contributed by atoms with Gasteiger partial charge in [-0.05, 0) is 6.07 Å². The summed E-state index contributed by atoms with van der Waals surface area (Å²) in [5, 5.41) is 10.9. The van der Waals surface area contributed by atoms with Crippen molar-refractivity contribution in [2.45, 2.75) is 26.1 Å². The quantitative estimate of drug-likeness (QED) is 0.601. The maximum absolute atomic E-state index is 14.7. The predicted octanol–water partition coefficient (Wildman–Crippen LogP) is 3.33. The topological polar surface area (TPSA) is 88.5 Å². The monoisotopic (exact) mass is 410 g/mol. The molecule has 1 aliphatic rings. The van der Waals surface area contributed by atoms with Crippen molar-refractivity contribution in [2.75, 3.05) is 25.1 Å². The summed E-state index contributed by atoms with van der Waals surface area (Å²) in [5.41, 5.74) is 3.52. The Balaban J connectivity index is 1.36. The van der Waals surface area contributed by atoms with Gasteiger partial charge in [0.2, 0.25) is 5.95 Å². The lowest BCUT2D eigenvalue weighted by atomic mass is 10.1. The maximum atomic E-state index is 14.7. The van der Waals surface area contributed by atoms with Gasteiger partial charge in [0, 0.05) is 68.3 Å². The number of nitrogens with one attached hydrogen (secondary N) is 1. The summed E-state index contributed by atoms with van der Waals surface area (Å²) in [6.45, 7) is 2.11. The molecule has 3 aromatic rings. The molecule has 8 nitrogen and oxygen atoms in total. The molecule has 0 aliphatic carbocycles. The van der Waals surface area contributed by atoms with Crippen molar-refractivity contribution in [3.63, 3.8) is 0 Å². The Bertz CT molecular complexity index is 981. The van der Waals surface area contributed by atoms with Crippen LogP contribution in [0.5, 0.6) is 0 Å². The number of piperidine rings is 1. The second-order valence-electron chi connectivity index (χ2n) is 6.98. The van der Waals surface area contributed by atoms with Crippen molar-refractivity contribution in [1.82, 2.24) is 20.2 Å². The lowest BCUT2D eigenvalue weighted by Crippen LogP contribution is -2.35. The fourth-order valence-corrected chi connectivity index (χ4v) is 3.31. The number of aromatic amines is 1. The highest BCUT2D eigenvalue weighted by atomic mass is 19.1. The Hall–Kier alpha value is -3.33. The van der Waals surface area contributed by atoms with Crippen molar-refractivity contribution >= 4 is 11.7 Å². The van der Waals surface area contributed by atoms with E-state index in [-0.39, 0.29) is 12.4 Å². The number of hydrogen-bond acceptors (Lipinski definition) is 7. The van der Waals surface area contributed by atoms with Gasteiger partial charge in [-0.3, -0.25) is 5.10 Å². The molecule has 0 amide bonds. The van der Waals surface area contributed by atoms with Crippen molar-refractivity contribution in [3.8, 4) is 11.1 Å². The van der Waals surface area contributed by atoms with Crippen LogP contribution in [0.1, 0.15) is 24.1 Å². The fraction of sp³-hybridized carbons (Fsp3) is 0.333. The number of H-pyrrole nitrogens is 1. The molecule has 1 N–H and O–H groups in total. The molecule has 0 radical (unpaired) electrons. The molecule has 30 heavy (non-hydrogen) atoms. The van der Waals surface area contributed by atoms with Gasteiger partial charge in [-0.1, -0.05) is 23.4 Å². The summed E-state index contributed by atoms with van der Waals surface area (Å²) >= 11 is 0.